The molecule has 1 saturated heterocycles. The van der Waals surface area contributed by atoms with E-state index in [2.05, 4.69) is 31.0 Å². The molecule has 0 saturated carbocycles. The Bertz CT molecular complexity index is 215. The van der Waals surface area contributed by atoms with Crippen LogP contribution in [0.15, 0.2) is 0 Å². The number of likely N-dealkylation sites (tertiary alicyclic amines) is 1. The van der Waals surface area contributed by atoms with Gasteiger partial charge in [0.1, 0.15) is 0 Å². The van der Waals surface area contributed by atoms with Gasteiger partial charge in [0.15, 0.2) is 0 Å². The highest BCUT2D eigenvalue weighted by atomic mass is 16.3. The summed E-state index contributed by atoms with van der Waals surface area (Å²) in [5, 5.41) is 12.7. The molecule has 0 aromatic carbocycles. The molecule has 1 rings (SSSR count). The third kappa shape index (κ3) is 6.73. The van der Waals surface area contributed by atoms with Crippen LogP contribution in [0, 0.1) is 11.8 Å². The summed E-state index contributed by atoms with van der Waals surface area (Å²) in [7, 11) is 0. The smallest absolute Gasteiger partial charge is 0.0456 e. The third-order valence-electron chi connectivity index (χ3n) is 4.53. The summed E-state index contributed by atoms with van der Waals surface area (Å²) in [5.41, 5.74) is 0. The number of nitrogens with zero attached hydrogens (tertiary/aromatic N) is 1. The number of piperidine rings is 1. The van der Waals surface area contributed by atoms with E-state index < -0.39 is 0 Å². The standard InChI is InChI=1S/C16H34N2O/c1-4-10-18-11-7-16(8-12-18)15(3)17-9-5-6-14(2)13-19/h14-17,19H,4-13H2,1-3H3. The van der Waals surface area contributed by atoms with Crippen LogP contribution >= 0.6 is 0 Å². The van der Waals surface area contributed by atoms with Crippen LogP contribution < -0.4 is 5.32 Å². The lowest BCUT2D eigenvalue weighted by Gasteiger charge is -2.35. The fourth-order valence-corrected chi connectivity index (χ4v) is 3.03. The molecule has 2 N–H and O–H groups in total. The van der Waals surface area contributed by atoms with Crippen LogP contribution in [0.1, 0.15) is 52.9 Å². The van der Waals surface area contributed by atoms with Gasteiger partial charge >= 0.3 is 0 Å². The van der Waals surface area contributed by atoms with Gasteiger partial charge in [-0.15, -0.1) is 0 Å². The molecule has 0 aromatic heterocycles. The molecule has 1 aliphatic heterocycles. The number of aliphatic hydroxyl groups is 1. The molecule has 3 nitrogen and oxygen atoms in total. The molecule has 0 spiro atoms. The van der Waals surface area contributed by atoms with Crippen molar-refractivity contribution in [2.45, 2.75) is 58.9 Å². The quantitative estimate of drug-likeness (QED) is 0.632. The van der Waals surface area contributed by atoms with E-state index in [0.717, 1.165) is 18.9 Å². The maximum Gasteiger partial charge on any atom is 0.0456 e. The molecule has 0 bridgehead atoms. The molecule has 2 unspecified atom stereocenters. The van der Waals surface area contributed by atoms with Crippen molar-refractivity contribution in [3.05, 3.63) is 0 Å². The van der Waals surface area contributed by atoms with Crippen LogP contribution in [0.5, 0.6) is 0 Å². The van der Waals surface area contributed by atoms with Crippen molar-refractivity contribution in [3.8, 4) is 0 Å². The minimum Gasteiger partial charge on any atom is -0.396 e. The van der Waals surface area contributed by atoms with Gasteiger partial charge in [-0.05, 0) is 77.0 Å². The molecule has 1 aliphatic rings. The average molecular weight is 270 g/mol. The molecule has 114 valence electrons. The first kappa shape index (κ1) is 16.9. The van der Waals surface area contributed by atoms with Crippen molar-refractivity contribution >= 4 is 0 Å². The van der Waals surface area contributed by atoms with Gasteiger partial charge in [0.25, 0.3) is 0 Å². The molecule has 1 heterocycles. The van der Waals surface area contributed by atoms with Crippen molar-refractivity contribution in [3.63, 3.8) is 0 Å². The lowest BCUT2D eigenvalue weighted by molar-refractivity contribution is 0.162. The molecule has 0 aliphatic carbocycles. The maximum atomic E-state index is 8.99. The molecule has 3 heteroatoms. The molecule has 0 radical (unpaired) electrons. The minimum absolute atomic E-state index is 0.325. The monoisotopic (exact) mass is 270 g/mol. The van der Waals surface area contributed by atoms with E-state index in [-0.39, 0.29) is 0 Å². The number of nitrogens with one attached hydrogen (secondary N) is 1. The Kier molecular flexibility index (Phi) is 8.67. The summed E-state index contributed by atoms with van der Waals surface area (Å²) in [5.74, 6) is 1.30. The van der Waals surface area contributed by atoms with E-state index in [4.69, 9.17) is 5.11 Å². The van der Waals surface area contributed by atoms with Crippen LogP contribution in [0.25, 0.3) is 0 Å². The van der Waals surface area contributed by atoms with Crippen LogP contribution in [0.2, 0.25) is 0 Å². The second kappa shape index (κ2) is 9.73. The normalized spacial score (nSPS) is 21.5. The van der Waals surface area contributed by atoms with Crippen LogP contribution in [-0.4, -0.2) is 48.8 Å². The Morgan fingerprint density at radius 3 is 2.53 bits per heavy atom. The minimum atomic E-state index is 0.325. The van der Waals surface area contributed by atoms with Crippen molar-refractivity contribution in [2.75, 3.05) is 32.8 Å². The first-order valence-corrected chi connectivity index (χ1v) is 8.24. The largest absolute Gasteiger partial charge is 0.396 e. The molecule has 19 heavy (non-hydrogen) atoms. The van der Waals surface area contributed by atoms with Gasteiger partial charge in [0, 0.05) is 12.6 Å². The predicted octanol–water partition coefficient (Wildman–Crippen LogP) is 2.50. The highest BCUT2D eigenvalue weighted by Crippen LogP contribution is 2.20. The molecule has 2 atom stereocenters. The topological polar surface area (TPSA) is 35.5 Å². The van der Waals surface area contributed by atoms with Crippen molar-refractivity contribution in [1.29, 1.82) is 0 Å². The van der Waals surface area contributed by atoms with Crippen LogP contribution in [0.4, 0.5) is 0 Å². The fraction of sp³-hybridized carbons (Fsp3) is 1.00. The average Bonchev–Trinajstić information content (AvgIpc) is 2.44. The number of hydrogen-bond acceptors (Lipinski definition) is 3. The molecular formula is C16H34N2O. The molecular weight excluding hydrogens is 236 g/mol. The number of aliphatic hydroxyl groups excluding tert-OH is 1. The number of hydrogen-bond donors (Lipinski definition) is 2. The lowest BCUT2D eigenvalue weighted by atomic mass is 9.90. The van der Waals surface area contributed by atoms with E-state index in [0.29, 0.717) is 18.6 Å². The first-order chi connectivity index (χ1) is 9.17. The summed E-state index contributed by atoms with van der Waals surface area (Å²) < 4.78 is 0. The zero-order valence-electron chi connectivity index (χ0n) is 13.2. The molecule has 1 fully saturated rings. The van der Waals surface area contributed by atoms with E-state index in [1.807, 2.05) is 0 Å². The van der Waals surface area contributed by atoms with Crippen molar-refractivity contribution < 1.29 is 5.11 Å². The van der Waals surface area contributed by atoms with Crippen molar-refractivity contribution in [2.24, 2.45) is 11.8 Å². The Morgan fingerprint density at radius 1 is 1.26 bits per heavy atom. The first-order valence-electron chi connectivity index (χ1n) is 8.24. The van der Waals surface area contributed by atoms with Gasteiger partial charge in [-0.2, -0.15) is 0 Å². The predicted molar refractivity (Wildman–Crippen MR) is 82.4 cm³/mol. The summed E-state index contributed by atoms with van der Waals surface area (Å²) in [6.07, 6.45) is 6.29. The van der Waals surface area contributed by atoms with E-state index >= 15 is 0 Å². The Morgan fingerprint density at radius 2 is 1.95 bits per heavy atom. The highest BCUT2D eigenvalue weighted by molar-refractivity contribution is 4.79. The zero-order chi connectivity index (χ0) is 14.1. The van der Waals surface area contributed by atoms with Gasteiger partial charge in [-0.25, -0.2) is 0 Å². The van der Waals surface area contributed by atoms with E-state index in [1.165, 1.54) is 45.3 Å². The molecule has 0 amide bonds. The van der Waals surface area contributed by atoms with Gasteiger partial charge in [0.2, 0.25) is 0 Å². The van der Waals surface area contributed by atoms with Gasteiger partial charge < -0.3 is 15.3 Å². The van der Waals surface area contributed by atoms with E-state index in [1.54, 1.807) is 0 Å². The fourth-order valence-electron chi connectivity index (χ4n) is 3.03. The Hall–Kier alpha value is -0.120. The maximum absolute atomic E-state index is 8.99. The van der Waals surface area contributed by atoms with E-state index in [9.17, 15) is 0 Å². The van der Waals surface area contributed by atoms with Gasteiger partial charge in [-0.3, -0.25) is 0 Å². The van der Waals surface area contributed by atoms with Crippen molar-refractivity contribution in [1.82, 2.24) is 10.2 Å². The Labute approximate surface area is 119 Å². The highest BCUT2D eigenvalue weighted by Gasteiger charge is 2.22. The second-order valence-electron chi connectivity index (χ2n) is 6.35. The third-order valence-corrected chi connectivity index (χ3v) is 4.53. The van der Waals surface area contributed by atoms with Crippen LogP contribution in [-0.2, 0) is 0 Å². The van der Waals surface area contributed by atoms with Gasteiger partial charge in [0.05, 0.1) is 0 Å². The number of rotatable bonds is 9. The summed E-state index contributed by atoms with van der Waals surface area (Å²) in [6.45, 7) is 12.0. The zero-order valence-corrected chi connectivity index (χ0v) is 13.2. The van der Waals surface area contributed by atoms with Gasteiger partial charge in [-0.1, -0.05) is 13.8 Å². The second-order valence-corrected chi connectivity index (χ2v) is 6.35. The lowest BCUT2D eigenvalue weighted by Crippen LogP contribution is -2.42. The van der Waals surface area contributed by atoms with Crippen LogP contribution in [0.3, 0.4) is 0 Å². The Balaban J connectivity index is 2.08. The summed E-state index contributed by atoms with van der Waals surface area (Å²) >= 11 is 0. The summed E-state index contributed by atoms with van der Waals surface area (Å²) in [6, 6.07) is 0.646. The molecule has 0 aromatic rings. The summed E-state index contributed by atoms with van der Waals surface area (Å²) in [4.78, 5) is 2.60. The SMILES string of the molecule is CCCN1CCC(C(C)NCCCC(C)CO)CC1.